The molecule has 0 aromatic carbocycles. The predicted molar refractivity (Wildman–Crippen MR) is 53.0 cm³/mol. The molecule has 0 fully saturated rings. The molecule has 76 valence electrons. The van der Waals surface area contributed by atoms with E-state index in [9.17, 15) is 4.79 Å². The topological polar surface area (TPSA) is 44.1 Å². The van der Waals surface area contributed by atoms with Gasteiger partial charge in [0.2, 0.25) is 0 Å². The van der Waals surface area contributed by atoms with Gasteiger partial charge >= 0.3 is 0 Å². The zero-order valence-electron chi connectivity index (χ0n) is 8.65. The van der Waals surface area contributed by atoms with Crippen LogP contribution in [-0.2, 0) is 11.8 Å². The van der Waals surface area contributed by atoms with Crippen LogP contribution in [0.1, 0.15) is 23.0 Å². The number of rotatable bonds is 4. The van der Waals surface area contributed by atoms with E-state index in [1.54, 1.807) is 17.9 Å². The van der Waals surface area contributed by atoms with Crippen molar-refractivity contribution in [3.8, 4) is 0 Å². The minimum absolute atomic E-state index is 0.0796. The molecule has 0 unspecified atom stereocenters. The third-order valence-corrected chi connectivity index (χ3v) is 1.76. The highest BCUT2D eigenvalue weighted by Gasteiger charge is 2.08. The smallest absolute Gasteiger partial charge is 0.192 e. The highest BCUT2D eigenvalue weighted by molar-refractivity contribution is 6.04. The Hall–Kier alpha value is -1.58. The second-order valence-corrected chi connectivity index (χ2v) is 2.92. The van der Waals surface area contributed by atoms with Gasteiger partial charge in [-0.05, 0) is 13.8 Å². The van der Waals surface area contributed by atoms with Crippen molar-refractivity contribution < 1.29 is 9.53 Å². The molecule has 0 aliphatic carbocycles. The fourth-order valence-electron chi connectivity index (χ4n) is 1.14. The van der Waals surface area contributed by atoms with Crippen LogP contribution >= 0.6 is 0 Å². The maximum Gasteiger partial charge on any atom is 0.192 e. The zero-order chi connectivity index (χ0) is 10.6. The summed E-state index contributed by atoms with van der Waals surface area (Å²) in [6.07, 6.45) is 4.52. The van der Waals surface area contributed by atoms with Gasteiger partial charge in [-0.2, -0.15) is 5.10 Å². The molecule has 1 rings (SSSR count). The first kappa shape index (κ1) is 10.5. The van der Waals surface area contributed by atoms with E-state index in [4.69, 9.17) is 4.74 Å². The number of hydrogen-bond acceptors (Lipinski definition) is 3. The Bertz CT molecular complexity index is 353. The van der Waals surface area contributed by atoms with Gasteiger partial charge in [0.1, 0.15) is 0 Å². The molecule has 1 aromatic rings. The summed E-state index contributed by atoms with van der Waals surface area (Å²) in [6, 6.07) is 0. The summed E-state index contributed by atoms with van der Waals surface area (Å²) in [5.74, 6) is -0.0796. The van der Waals surface area contributed by atoms with Gasteiger partial charge in [0.25, 0.3) is 0 Å². The number of aromatic nitrogens is 2. The molecule has 0 N–H and O–H groups in total. The van der Waals surface area contributed by atoms with Gasteiger partial charge in [-0.15, -0.1) is 0 Å². The van der Waals surface area contributed by atoms with Crippen molar-refractivity contribution in [3.63, 3.8) is 0 Å². The number of carbonyl (C=O) groups excluding carboxylic acids is 1. The quantitative estimate of drug-likeness (QED) is 0.414. The zero-order valence-corrected chi connectivity index (χ0v) is 8.65. The summed E-state index contributed by atoms with van der Waals surface area (Å²) in [5, 5.41) is 4.08. The van der Waals surface area contributed by atoms with E-state index in [2.05, 4.69) is 5.10 Å². The van der Waals surface area contributed by atoms with Crippen LogP contribution in [0.2, 0.25) is 0 Å². The molecule has 0 atom stereocenters. The number of nitrogens with zero attached hydrogens (tertiary/aromatic N) is 2. The SMILES string of the molecule is CCOC=CC(=O)c1cn(C)nc1C. The van der Waals surface area contributed by atoms with E-state index in [-0.39, 0.29) is 5.78 Å². The Balaban J connectivity index is 2.74. The van der Waals surface area contributed by atoms with Gasteiger partial charge in [0, 0.05) is 19.3 Å². The Morgan fingerprint density at radius 1 is 1.71 bits per heavy atom. The van der Waals surface area contributed by atoms with Crippen molar-refractivity contribution >= 4 is 5.78 Å². The van der Waals surface area contributed by atoms with Crippen molar-refractivity contribution in [2.45, 2.75) is 13.8 Å². The lowest BCUT2D eigenvalue weighted by atomic mass is 10.2. The first-order valence-electron chi connectivity index (χ1n) is 4.48. The minimum Gasteiger partial charge on any atom is -0.501 e. The van der Waals surface area contributed by atoms with Crippen molar-refractivity contribution in [1.29, 1.82) is 0 Å². The Labute approximate surface area is 83.2 Å². The number of hydrogen-bond donors (Lipinski definition) is 0. The predicted octanol–water partition coefficient (Wildman–Crippen LogP) is 1.46. The third kappa shape index (κ3) is 2.45. The van der Waals surface area contributed by atoms with Gasteiger partial charge in [-0.25, -0.2) is 0 Å². The summed E-state index contributed by atoms with van der Waals surface area (Å²) < 4.78 is 6.57. The van der Waals surface area contributed by atoms with Crippen molar-refractivity contribution in [3.05, 3.63) is 29.8 Å². The van der Waals surface area contributed by atoms with Crippen LogP contribution in [0.4, 0.5) is 0 Å². The van der Waals surface area contributed by atoms with E-state index in [1.165, 1.54) is 12.3 Å². The van der Waals surface area contributed by atoms with Gasteiger partial charge in [0.15, 0.2) is 5.78 Å². The van der Waals surface area contributed by atoms with Gasteiger partial charge in [-0.3, -0.25) is 9.48 Å². The standard InChI is InChI=1S/C10H14N2O2/c1-4-14-6-5-10(13)9-7-12(3)11-8(9)2/h5-7H,4H2,1-3H3. The van der Waals surface area contributed by atoms with E-state index in [0.717, 1.165) is 5.69 Å². The van der Waals surface area contributed by atoms with E-state index < -0.39 is 0 Å². The summed E-state index contributed by atoms with van der Waals surface area (Å²) in [7, 11) is 1.79. The van der Waals surface area contributed by atoms with Crippen molar-refractivity contribution in [1.82, 2.24) is 9.78 Å². The summed E-state index contributed by atoms with van der Waals surface area (Å²) >= 11 is 0. The summed E-state index contributed by atoms with van der Waals surface area (Å²) in [5.41, 5.74) is 1.35. The van der Waals surface area contributed by atoms with Gasteiger partial charge in [0.05, 0.1) is 24.1 Å². The third-order valence-electron chi connectivity index (χ3n) is 1.76. The van der Waals surface area contributed by atoms with Crippen LogP contribution in [-0.4, -0.2) is 22.2 Å². The maximum atomic E-state index is 11.5. The summed E-state index contributed by atoms with van der Waals surface area (Å²) in [4.78, 5) is 11.5. The molecule has 0 saturated heterocycles. The van der Waals surface area contributed by atoms with E-state index in [0.29, 0.717) is 12.2 Å². The fraction of sp³-hybridized carbons (Fsp3) is 0.400. The molecule has 1 aromatic heterocycles. The lowest BCUT2D eigenvalue weighted by Crippen LogP contribution is -1.95. The maximum absolute atomic E-state index is 11.5. The molecule has 4 heteroatoms. The number of carbonyl (C=O) groups is 1. The molecule has 0 spiro atoms. The fourth-order valence-corrected chi connectivity index (χ4v) is 1.14. The van der Waals surface area contributed by atoms with Crippen LogP contribution in [0.5, 0.6) is 0 Å². The largest absolute Gasteiger partial charge is 0.501 e. The summed E-state index contributed by atoms with van der Waals surface area (Å²) in [6.45, 7) is 4.24. The number of ketones is 1. The molecule has 0 saturated carbocycles. The number of aryl methyl sites for hydroxylation is 2. The Morgan fingerprint density at radius 3 is 2.93 bits per heavy atom. The average molecular weight is 194 g/mol. The van der Waals surface area contributed by atoms with E-state index >= 15 is 0 Å². The first-order chi connectivity index (χ1) is 6.65. The molecule has 0 radical (unpaired) electrons. The molecular formula is C10H14N2O2. The first-order valence-corrected chi connectivity index (χ1v) is 4.48. The Morgan fingerprint density at radius 2 is 2.43 bits per heavy atom. The lowest BCUT2D eigenvalue weighted by molar-refractivity contribution is 0.104. The molecule has 0 aliphatic heterocycles. The van der Waals surface area contributed by atoms with Crippen LogP contribution in [0.25, 0.3) is 0 Å². The number of allylic oxidation sites excluding steroid dienone is 1. The van der Waals surface area contributed by atoms with Gasteiger partial charge < -0.3 is 4.74 Å². The highest BCUT2D eigenvalue weighted by atomic mass is 16.5. The van der Waals surface area contributed by atoms with Crippen LogP contribution in [0.3, 0.4) is 0 Å². The molecule has 4 nitrogen and oxygen atoms in total. The molecule has 0 bridgehead atoms. The van der Waals surface area contributed by atoms with Crippen LogP contribution < -0.4 is 0 Å². The molecule has 0 aliphatic rings. The second-order valence-electron chi connectivity index (χ2n) is 2.92. The normalized spacial score (nSPS) is 10.8. The van der Waals surface area contributed by atoms with Gasteiger partial charge in [-0.1, -0.05) is 0 Å². The van der Waals surface area contributed by atoms with Crippen molar-refractivity contribution in [2.75, 3.05) is 6.61 Å². The van der Waals surface area contributed by atoms with Crippen LogP contribution in [0, 0.1) is 6.92 Å². The number of ether oxygens (including phenoxy) is 1. The molecular weight excluding hydrogens is 180 g/mol. The highest BCUT2D eigenvalue weighted by Crippen LogP contribution is 2.06. The monoisotopic (exact) mass is 194 g/mol. The van der Waals surface area contributed by atoms with Crippen LogP contribution in [0.15, 0.2) is 18.5 Å². The van der Waals surface area contributed by atoms with E-state index in [1.807, 2.05) is 13.8 Å². The molecule has 14 heavy (non-hydrogen) atoms. The van der Waals surface area contributed by atoms with Crippen molar-refractivity contribution in [2.24, 2.45) is 7.05 Å². The molecule has 0 amide bonds. The minimum atomic E-state index is -0.0796. The second kappa shape index (κ2) is 4.60. The lowest BCUT2D eigenvalue weighted by Gasteiger charge is -1.92. The Kier molecular flexibility index (Phi) is 3.45. The molecule has 1 heterocycles. The average Bonchev–Trinajstić information content (AvgIpc) is 2.45.